The predicted octanol–water partition coefficient (Wildman–Crippen LogP) is 1.16. The molecule has 0 aromatic carbocycles. The lowest BCUT2D eigenvalue weighted by Gasteiger charge is -2.14. The number of carbonyl (C=O) groups excluding carboxylic acids is 1. The van der Waals surface area contributed by atoms with Crippen LogP contribution in [0.15, 0.2) is 0 Å². The Morgan fingerprint density at radius 2 is 2.50 bits per heavy atom. The Balaban J connectivity index is 2.29. The SMILES string of the molecule is CC1CCN(C(=O)CCC#N)C1. The Labute approximate surface area is 73.0 Å². The quantitative estimate of drug-likeness (QED) is 0.617. The Hall–Kier alpha value is -1.04. The highest BCUT2D eigenvalue weighted by Crippen LogP contribution is 2.15. The lowest BCUT2D eigenvalue weighted by Crippen LogP contribution is -2.27. The van der Waals surface area contributed by atoms with E-state index in [4.69, 9.17) is 5.26 Å². The maximum atomic E-state index is 11.3. The van der Waals surface area contributed by atoms with Crippen LogP contribution in [0.1, 0.15) is 26.2 Å². The van der Waals surface area contributed by atoms with Crippen LogP contribution in [-0.4, -0.2) is 23.9 Å². The molecule has 0 aliphatic carbocycles. The van der Waals surface area contributed by atoms with E-state index in [0.717, 1.165) is 19.5 Å². The van der Waals surface area contributed by atoms with Gasteiger partial charge < -0.3 is 4.90 Å². The molecule has 1 atom stereocenters. The van der Waals surface area contributed by atoms with Crippen molar-refractivity contribution in [3.8, 4) is 6.07 Å². The minimum atomic E-state index is 0.140. The second kappa shape index (κ2) is 4.10. The number of likely N-dealkylation sites (tertiary alicyclic amines) is 1. The molecule has 1 fully saturated rings. The van der Waals surface area contributed by atoms with Crippen molar-refractivity contribution in [2.75, 3.05) is 13.1 Å². The Bertz CT molecular complexity index is 207. The van der Waals surface area contributed by atoms with E-state index in [-0.39, 0.29) is 5.91 Å². The first-order valence-electron chi connectivity index (χ1n) is 4.38. The molecule has 1 amide bonds. The van der Waals surface area contributed by atoms with Gasteiger partial charge in [0.15, 0.2) is 0 Å². The van der Waals surface area contributed by atoms with Crippen molar-refractivity contribution in [1.82, 2.24) is 4.90 Å². The van der Waals surface area contributed by atoms with E-state index in [1.807, 2.05) is 11.0 Å². The maximum absolute atomic E-state index is 11.3. The number of amides is 1. The number of rotatable bonds is 2. The molecule has 0 bridgehead atoms. The van der Waals surface area contributed by atoms with Crippen molar-refractivity contribution < 1.29 is 4.79 Å². The monoisotopic (exact) mass is 166 g/mol. The molecule has 0 saturated carbocycles. The van der Waals surface area contributed by atoms with Crippen molar-refractivity contribution in [2.45, 2.75) is 26.2 Å². The van der Waals surface area contributed by atoms with Crippen molar-refractivity contribution >= 4 is 5.91 Å². The summed E-state index contributed by atoms with van der Waals surface area (Å²) < 4.78 is 0. The molecule has 1 aliphatic rings. The van der Waals surface area contributed by atoms with Crippen LogP contribution in [0.2, 0.25) is 0 Å². The summed E-state index contributed by atoms with van der Waals surface area (Å²) in [6.07, 6.45) is 1.85. The van der Waals surface area contributed by atoms with Crippen LogP contribution >= 0.6 is 0 Å². The van der Waals surface area contributed by atoms with Crippen LogP contribution in [0.25, 0.3) is 0 Å². The van der Waals surface area contributed by atoms with Gasteiger partial charge in [-0.1, -0.05) is 6.92 Å². The van der Waals surface area contributed by atoms with E-state index >= 15 is 0 Å². The maximum Gasteiger partial charge on any atom is 0.223 e. The molecule has 66 valence electrons. The van der Waals surface area contributed by atoms with Gasteiger partial charge in [0, 0.05) is 25.9 Å². The molecule has 0 aromatic heterocycles. The van der Waals surface area contributed by atoms with E-state index in [1.165, 1.54) is 0 Å². The third-order valence-corrected chi connectivity index (χ3v) is 2.23. The topological polar surface area (TPSA) is 44.1 Å². The molecular weight excluding hydrogens is 152 g/mol. The Kier molecular flexibility index (Phi) is 3.09. The zero-order valence-corrected chi connectivity index (χ0v) is 7.42. The van der Waals surface area contributed by atoms with Gasteiger partial charge in [0.1, 0.15) is 0 Å². The molecule has 3 heteroatoms. The molecule has 1 unspecified atom stereocenters. The third-order valence-electron chi connectivity index (χ3n) is 2.23. The lowest BCUT2D eigenvalue weighted by atomic mass is 10.2. The summed E-state index contributed by atoms with van der Waals surface area (Å²) in [7, 11) is 0. The molecule has 12 heavy (non-hydrogen) atoms. The molecule has 0 spiro atoms. The van der Waals surface area contributed by atoms with E-state index in [1.54, 1.807) is 0 Å². The van der Waals surface area contributed by atoms with Gasteiger partial charge in [0.05, 0.1) is 6.07 Å². The molecule has 1 rings (SSSR count). The van der Waals surface area contributed by atoms with E-state index in [2.05, 4.69) is 6.92 Å². The molecule has 1 saturated heterocycles. The van der Waals surface area contributed by atoms with E-state index < -0.39 is 0 Å². The molecule has 0 N–H and O–H groups in total. The molecular formula is C9H14N2O. The van der Waals surface area contributed by atoms with Gasteiger partial charge in [-0.05, 0) is 12.3 Å². The van der Waals surface area contributed by atoms with Gasteiger partial charge in [-0.2, -0.15) is 5.26 Å². The summed E-state index contributed by atoms with van der Waals surface area (Å²) in [4.78, 5) is 13.2. The summed E-state index contributed by atoms with van der Waals surface area (Å²) in [6.45, 7) is 3.91. The van der Waals surface area contributed by atoms with Crippen LogP contribution in [0.5, 0.6) is 0 Å². The first-order valence-corrected chi connectivity index (χ1v) is 4.38. The molecule has 0 aromatic rings. The van der Waals surface area contributed by atoms with Gasteiger partial charge in [0.2, 0.25) is 5.91 Å². The van der Waals surface area contributed by atoms with Crippen molar-refractivity contribution in [3.05, 3.63) is 0 Å². The smallest absolute Gasteiger partial charge is 0.223 e. The summed E-state index contributed by atoms with van der Waals surface area (Å²) in [5, 5.41) is 8.29. The Morgan fingerprint density at radius 1 is 1.75 bits per heavy atom. The van der Waals surface area contributed by atoms with Gasteiger partial charge >= 0.3 is 0 Å². The Morgan fingerprint density at radius 3 is 3.00 bits per heavy atom. The number of nitrogens with zero attached hydrogens (tertiary/aromatic N) is 2. The highest BCUT2D eigenvalue weighted by atomic mass is 16.2. The zero-order chi connectivity index (χ0) is 8.97. The normalized spacial score (nSPS) is 22.3. The minimum Gasteiger partial charge on any atom is -0.342 e. The van der Waals surface area contributed by atoms with Crippen LogP contribution in [0.3, 0.4) is 0 Å². The van der Waals surface area contributed by atoms with Crippen molar-refractivity contribution in [1.29, 1.82) is 5.26 Å². The molecule has 1 heterocycles. The van der Waals surface area contributed by atoms with Crippen LogP contribution in [0, 0.1) is 17.2 Å². The molecule has 3 nitrogen and oxygen atoms in total. The number of hydrogen-bond donors (Lipinski definition) is 0. The predicted molar refractivity (Wildman–Crippen MR) is 45.2 cm³/mol. The van der Waals surface area contributed by atoms with Gasteiger partial charge in [-0.3, -0.25) is 4.79 Å². The van der Waals surface area contributed by atoms with E-state index in [9.17, 15) is 4.79 Å². The van der Waals surface area contributed by atoms with Crippen LogP contribution in [-0.2, 0) is 4.79 Å². The summed E-state index contributed by atoms with van der Waals surface area (Å²) >= 11 is 0. The van der Waals surface area contributed by atoms with Crippen molar-refractivity contribution in [3.63, 3.8) is 0 Å². The number of nitriles is 1. The first kappa shape index (κ1) is 9.05. The average Bonchev–Trinajstić information content (AvgIpc) is 2.47. The molecule has 0 radical (unpaired) electrons. The number of hydrogen-bond acceptors (Lipinski definition) is 2. The summed E-state index contributed by atoms with van der Waals surface area (Å²) in [5.74, 6) is 0.775. The van der Waals surface area contributed by atoms with Crippen LogP contribution < -0.4 is 0 Å². The fourth-order valence-electron chi connectivity index (χ4n) is 1.48. The fraction of sp³-hybridized carbons (Fsp3) is 0.778. The second-order valence-electron chi connectivity index (χ2n) is 3.39. The minimum absolute atomic E-state index is 0.140. The first-order chi connectivity index (χ1) is 5.74. The highest BCUT2D eigenvalue weighted by molar-refractivity contribution is 5.76. The lowest BCUT2D eigenvalue weighted by molar-refractivity contribution is -0.130. The van der Waals surface area contributed by atoms with Crippen molar-refractivity contribution in [2.24, 2.45) is 5.92 Å². The molecule has 1 aliphatic heterocycles. The van der Waals surface area contributed by atoms with Gasteiger partial charge in [-0.25, -0.2) is 0 Å². The number of carbonyl (C=O) groups is 1. The van der Waals surface area contributed by atoms with Gasteiger partial charge in [0.25, 0.3) is 0 Å². The fourth-order valence-corrected chi connectivity index (χ4v) is 1.48. The zero-order valence-electron chi connectivity index (χ0n) is 7.42. The van der Waals surface area contributed by atoms with Crippen LogP contribution in [0.4, 0.5) is 0 Å². The average molecular weight is 166 g/mol. The highest BCUT2D eigenvalue weighted by Gasteiger charge is 2.22. The second-order valence-corrected chi connectivity index (χ2v) is 3.39. The standard InChI is InChI=1S/C9H14N2O/c1-8-4-6-11(7-8)9(12)3-2-5-10/h8H,2-4,6-7H2,1H3. The summed E-state index contributed by atoms with van der Waals surface area (Å²) in [5.41, 5.74) is 0. The van der Waals surface area contributed by atoms with E-state index in [0.29, 0.717) is 18.8 Å². The third kappa shape index (κ3) is 2.23. The van der Waals surface area contributed by atoms with Gasteiger partial charge in [-0.15, -0.1) is 0 Å². The largest absolute Gasteiger partial charge is 0.342 e. The summed E-state index contributed by atoms with van der Waals surface area (Å²) in [6, 6.07) is 1.99.